The summed E-state index contributed by atoms with van der Waals surface area (Å²) in [5.41, 5.74) is 0. The first kappa shape index (κ1) is 14.2. The van der Waals surface area contributed by atoms with Crippen LogP contribution in [0.25, 0.3) is 0 Å². The maximum Gasteiger partial charge on any atom is 2.00 e. The van der Waals surface area contributed by atoms with Gasteiger partial charge in [-0.3, -0.25) is 0 Å². The molecule has 0 amide bonds. The van der Waals surface area contributed by atoms with E-state index in [1.807, 2.05) is 6.61 Å². The fraction of sp³-hybridized carbons (Fsp3) is 0.833. The van der Waals surface area contributed by atoms with Crippen molar-refractivity contribution in [1.29, 1.82) is 0 Å². The Labute approximate surface area is 97.3 Å². The van der Waals surface area contributed by atoms with E-state index in [0.717, 1.165) is 19.4 Å². The van der Waals surface area contributed by atoms with Gasteiger partial charge in [0.1, 0.15) is 0 Å². The van der Waals surface area contributed by atoms with Crippen LogP contribution in [0.1, 0.15) is 19.8 Å². The van der Waals surface area contributed by atoms with Crippen LogP contribution in [0.5, 0.6) is 0 Å². The maximum absolute atomic E-state index is 5.05. The van der Waals surface area contributed by atoms with E-state index in [1.54, 1.807) is 0 Å². The minimum absolute atomic E-state index is 0. The quantitative estimate of drug-likeness (QED) is 0.306. The van der Waals surface area contributed by atoms with Gasteiger partial charge in [0.15, 0.2) is 0 Å². The van der Waals surface area contributed by atoms with Gasteiger partial charge < -0.3 is 21.7 Å². The van der Waals surface area contributed by atoms with Crippen molar-refractivity contribution in [1.82, 2.24) is 0 Å². The summed E-state index contributed by atoms with van der Waals surface area (Å²) in [6.45, 7) is 4.92. The molecule has 0 aromatic carbocycles. The zero-order chi connectivity index (χ0) is 6.04. The van der Waals surface area contributed by atoms with Crippen molar-refractivity contribution >= 4 is 39.0 Å². The molecular formula is C6H10Br2MgO. The SMILES string of the molecule is CC1(Br)C[CH-]OCC1.[Br-].[Mg+2]. The molecule has 1 nitrogen and oxygen atoms in total. The average Bonchev–Trinajstić information content (AvgIpc) is 1.65. The maximum atomic E-state index is 5.05. The van der Waals surface area contributed by atoms with E-state index in [4.69, 9.17) is 4.74 Å². The van der Waals surface area contributed by atoms with Gasteiger partial charge in [-0.15, -0.1) is 6.42 Å². The van der Waals surface area contributed by atoms with Crippen LogP contribution in [-0.2, 0) is 4.74 Å². The summed E-state index contributed by atoms with van der Waals surface area (Å²) < 4.78 is 5.36. The Morgan fingerprint density at radius 2 is 2.20 bits per heavy atom. The van der Waals surface area contributed by atoms with Crippen molar-refractivity contribution in [2.75, 3.05) is 6.61 Å². The van der Waals surface area contributed by atoms with Crippen LogP contribution in [-0.4, -0.2) is 34.0 Å². The molecule has 1 aliphatic rings. The van der Waals surface area contributed by atoms with E-state index in [9.17, 15) is 0 Å². The van der Waals surface area contributed by atoms with Crippen molar-refractivity contribution < 1.29 is 21.7 Å². The second kappa shape index (κ2) is 6.23. The van der Waals surface area contributed by atoms with E-state index in [0.29, 0.717) is 4.32 Å². The van der Waals surface area contributed by atoms with E-state index in [1.165, 1.54) is 0 Å². The molecule has 1 atom stereocenters. The number of hydrogen-bond acceptors (Lipinski definition) is 1. The largest absolute Gasteiger partial charge is 2.00 e. The molecule has 0 spiro atoms. The Hall–Kier alpha value is 1.69. The van der Waals surface area contributed by atoms with Crippen LogP contribution in [0.3, 0.4) is 0 Å². The van der Waals surface area contributed by atoms with Crippen molar-refractivity contribution in [3.63, 3.8) is 0 Å². The van der Waals surface area contributed by atoms with Crippen LogP contribution >= 0.6 is 15.9 Å². The molecule has 1 heterocycles. The molecule has 0 N–H and O–H groups in total. The molecule has 1 aliphatic heterocycles. The average molecular weight is 282 g/mol. The third kappa shape index (κ3) is 5.35. The van der Waals surface area contributed by atoms with Crippen molar-refractivity contribution in [2.45, 2.75) is 24.1 Å². The number of halogens is 2. The zero-order valence-electron chi connectivity index (χ0n) is 6.07. The zero-order valence-corrected chi connectivity index (χ0v) is 10.7. The summed E-state index contributed by atoms with van der Waals surface area (Å²) in [6, 6.07) is 0. The molecule has 10 heavy (non-hydrogen) atoms. The molecule has 0 bridgehead atoms. The Balaban J connectivity index is 0. The smallest absolute Gasteiger partial charge is 1.00 e. The second-order valence-corrected chi connectivity index (χ2v) is 4.32. The number of hydrogen-bond donors (Lipinski definition) is 0. The number of alkyl halides is 1. The van der Waals surface area contributed by atoms with Gasteiger partial charge >= 0.3 is 23.1 Å². The predicted octanol–water partition coefficient (Wildman–Crippen LogP) is -1.26. The first-order chi connectivity index (χ1) is 3.71. The number of ether oxygens (including phenoxy) is 1. The van der Waals surface area contributed by atoms with Crippen molar-refractivity contribution in [3.8, 4) is 0 Å². The van der Waals surface area contributed by atoms with Gasteiger partial charge in [0.05, 0.1) is 0 Å². The fourth-order valence-corrected chi connectivity index (χ4v) is 0.984. The van der Waals surface area contributed by atoms with Gasteiger partial charge in [-0.1, -0.05) is 22.9 Å². The summed E-state index contributed by atoms with van der Waals surface area (Å²) >= 11 is 3.58. The summed E-state index contributed by atoms with van der Waals surface area (Å²) in [5, 5.41) is 0. The predicted molar refractivity (Wildman–Crippen MR) is 42.6 cm³/mol. The molecule has 1 unspecified atom stereocenters. The third-order valence-electron chi connectivity index (χ3n) is 1.37. The molecule has 1 fully saturated rings. The Bertz CT molecular complexity index is 79.8. The van der Waals surface area contributed by atoms with Crippen LogP contribution in [0.4, 0.5) is 0 Å². The van der Waals surface area contributed by atoms with E-state index in [-0.39, 0.29) is 40.0 Å². The standard InChI is InChI=1S/C6H10BrO.BrH.Mg/c1-6(7)2-4-8-5-3-6;;/h4H,2-3,5H2,1H3;1H;/q-1;;+2/p-1. The van der Waals surface area contributed by atoms with Gasteiger partial charge in [-0.25, -0.2) is 6.61 Å². The van der Waals surface area contributed by atoms with Gasteiger partial charge in [-0.05, 0) is 6.42 Å². The molecule has 0 saturated carbocycles. The third-order valence-corrected chi connectivity index (χ3v) is 2.09. The Kier molecular flexibility index (Phi) is 8.86. The molecule has 1 saturated heterocycles. The number of rotatable bonds is 0. The van der Waals surface area contributed by atoms with Gasteiger partial charge in [0.2, 0.25) is 0 Å². The molecular weight excluding hydrogens is 272 g/mol. The van der Waals surface area contributed by atoms with Crippen molar-refractivity contribution in [2.24, 2.45) is 0 Å². The minimum atomic E-state index is 0. The minimum Gasteiger partial charge on any atom is -1.00 e. The molecule has 4 heteroatoms. The van der Waals surface area contributed by atoms with E-state index >= 15 is 0 Å². The van der Waals surface area contributed by atoms with Crippen LogP contribution in [0.2, 0.25) is 0 Å². The summed E-state index contributed by atoms with van der Waals surface area (Å²) in [6.07, 6.45) is 2.14. The summed E-state index contributed by atoms with van der Waals surface area (Å²) in [5.74, 6) is 0. The van der Waals surface area contributed by atoms with Crippen molar-refractivity contribution in [3.05, 3.63) is 6.61 Å². The molecule has 1 rings (SSSR count). The fourth-order valence-electron chi connectivity index (χ4n) is 0.690. The molecule has 0 aromatic rings. The normalized spacial score (nSPS) is 31.8. The summed E-state index contributed by atoms with van der Waals surface area (Å²) in [7, 11) is 0. The van der Waals surface area contributed by atoms with E-state index in [2.05, 4.69) is 22.9 Å². The van der Waals surface area contributed by atoms with Gasteiger partial charge in [-0.2, -0.15) is 0 Å². The first-order valence-corrected chi connectivity index (χ1v) is 3.62. The molecule has 56 valence electrons. The van der Waals surface area contributed by atoms with Crippen LogP contribution in [0.15, 0.2) is 0 Å². The topological polar surface area (TPSA) is 9.23 Å². The Morgan fingerprint density at radius 3 is 2.40 bits per heavy atom. The molecule has 0 radical (unpaired) electrons. The molecule has 0 aliphatic carbocycles. The molecule has 0 aromatic heterocycles. The summed E-state index contributed by atoms with van der Waals surface area (Å²) in [4.78, 5) is 0. The monoisotopic (exact) mass is 280 g/mol. The van der Waals surface area contributed by atoms with E-state index < -0.39 is 0 Å². The van der Waals surface area contributed by atoms with Gasteiger partial charge in [0, 0.05) is 10.9 Å². The van der Waals surface area contributed by atoms with Crippen LogP contribution < -0.4 is 17.0 Å². The van der Waals surface area contributed by atoms with Crippen LogP contribution in [0, 0.1) is 6.61 Å². The second-order valence-electron chi connectivity index (χ2n) is 2.40. The van der Waals surface area contributed by atoms with Gasteiger partial charge in [0.25, 0.3) is 0 Å². The Morgan fingerprint density at radius 1 is 1.60 bits per heavy atom. The first-order valence-electron chi connectivity index (χ1n) is 2.83.